The van der Waals surface area contributed by atoms with E-state index < -0.39 is 0 Å². The molecule has 0 bridgehead atoms. The van der Waals surface area contributed by atoms with Gasteiger partial charge in [0.2, 0.25) is 0 Å². The van der Waals surface area contributed by atoms with E-state index in [0.29, 0.717) is 0 Å². The normalized spacial score (nSPS) is 13.8. The van der Waals surface area contributed by atoms with Crippen LogP contribution in [0.1, 0.15) is 5.56 Å². The zero-order valence-electron chi connectivity index (χ0n) is 10.4. The second-order valence-electron chi connectivity index (χ2n) is 4.73. The molecule has 0 radical (unpaired) electrons. The smallest absolute Gasteiger partial charge is 0.0567 e. The number of anilines is 1. The van der Waals surface area contributed by atoms with Gasteiger partial charge in [-0.1, -0.05) is 48.5 Å². The van der Waals surface area contributed by atoms with E-state index in [1.807, 2.05) is 11.9 Å². The van der Waals surface area contributed by atoms with Gasteiger partial charge < -0.3 is 4.31 Å². The van der Waals surface area contributed by atoms with Crippen molar-refractivity contribution >= 4 is 28.4 Å². The number of rotatable bonds is 1. The first-order valence-electron chi connectivity index (χ1n) is 6.43. The molecule has 1 aliphatic rings. The summed E-state index contributed by atoms with van der Waals surface area (Å²) in [4.78, 5) is 1.38. The SMILES string of the molecule is c1ccc(N2Cc3c(ccc4ccccc34)S2)cc1. The number of benzene rings is 3. The molecule has 1 heterocycles. The fourth-order valence-corrected chi connectivity index (χ4v) is 3.67. The quantitative estimate of drug-likeness (QED) is 0.576. The predicted octanol–water partition coefficient (Wildman–Crippen LogP) is 4.87. The molecule has 92 valence electrons. The summed E-state index contributed by atoms with van der Waals surface area (Å²) in [6.45, 7) is 0.978. The molecule has 0 N–H and O–H groups in total. The van der Waals surface area contributed by atoms with Gasteiger partial charge in [-0.25, -0.2) is 0 Å². The van der Waals surface area contributed by atoms with Crippen LogP contribution < -0.4 is 4.31 Å². The fourth-order valence-electron chi connectivity index (χ4n) is 2.60. The molecule has 0 aliphatic carbocycles. The molecular formula is C17H13NS. The Bertz CT molecular complexity index is 737. The number of hydrogen-bond acceptors (Lipinski definition) is 2. The Labute approximate surface area is 117 Å². The van der Waals surface area contributed by atoms with Crippen LogP contribution >= 0.6 is 11.9 Å². The summed E-state index contributed by atoms with van der Waals surface area (Å²) in [7, 11) is 0. The van der Waals surface area contributed by atoms with Crippen LogP contribution in [-0.2, 0) is 6.54 Å². The van der Waals surface area contributed by atoms with Crippen LogP contribution in [0.4, 0.5) is 5.69 Å². The van der Waals surface area contributed by atoms with Crippen molar-refractivity contribution in [2.24, 2.45) is 0 Å². The molecule has 0 amide bonds. The second kappa shape index (κ2) is 4.32. The summed E-state index contributed by atoms with van der Waals surface area (Å²) < 4.78 is 2.36. The molecule has 0 aromatic heterocycles. The molecule has 3 aromatic carbocycles. The summed E-state index contributed by atoms with van der Waals surface area (Å²) in [6, 6.07) is 23.7. The number of nitrogens with zero attached hydrogens (tertiary/aromatic N) is 1. The minimum absolute atomic E-state index is 0.978. The Morgan fingerprint density at radius 3 is 2.47 bits per heavy atom. The molecule has 4 rings (SSSR count). The number of para-hydroxylation sites is 1. The highest BCUT2D eigenvalue weighted by Gasteiger charge is 2.22. The van der Waals surface area contributed by atoms with Crippen LogP contribution in [0.25, 0.3) is 10.8 Å². The molecule has 0 atom stereocenters. The van der Waals surface area contributed by atoms with Crippen LogP contribution in [-0.4, -0.2) is 0 Å². The van der Waals surface area contributed by atoms with Crippen molar-refractivity contribution in [3.63, 3.8) is 0 Å². The summed E-state index contributed by atoms with van der Waals surface area (Å²) in [5.41, 5.74) is 2.72. The third-order valence-electron chi connectivity index (χ3n) is 3.55. The fraction of sp³-hybridized carbons (Fsp3) is 0.0588. The standard InChI is InChI=1S/C17H13NS/c1-2-7-14(8-3-1)18-12-16-15-9-5-4-6-13(15)10-11-17(16)19-18/h1-11H,12H2. The molecule has 19 heavy (non-hydrogen) atoms. The Hall–Kier alpha value is -1.93. The van der Waals surface area contributed by atoms with Crippen molar-refractivity contribution in [1.29, 1.82) is 0 Å². The lowest BCUT2D eigenvalue weighted by Crippen LogP contribution is -2.06. The van der Waals surface area contributed by atoms with Crippen LogP contribution in [0.15, 0.2) is 71.6 Å². The molecule has 0 fully saturated rings. The van der Waals surface area contributed by atoms with Crippen LogP contribution in [0.3, 0.4) is 0 Å². The zero-order chi connectivity index (χ0) is 12.7. The molecule has 3 aromatic rings. The van der Waals surface area contributed by atoms with E-state index in [1.165, 1.54) is 26.9 Å². The van der Waals surface area contributed by atoms with Crippen molar-refractivity contribution in [1.82, 2.24) is 0 Å². The molecular weight excluding hydrogens is 250 g/mol. The third-order valence-corrected chi connectivity index (χ3v) is 4.69. The summed E-state index contributed by atoms with van der Waals surface area (Å²) >= 11 is 1.84. The first-order chi connectivity index (χ1) is 9.42. The first-order valence-corrected chi connectivity index (χ1v) is 7.20. The second-order valence-corrected chi connectivity index (χ2v) is 5.79. The molecule has 0 saturated heterocycles. The monoisotopic (exact) mass is 263 g/mol. The Morgan fingerprint density at radius 1 is 0.789 bits per heavy atom. The van der Waals surface area contributed by atoms with Crippen molar-refractivity contribution in [3.8, 4) is 0 Å². The Kier molecular flexibility index (Phi) is 2.49. The van der Waals surface area contributed by atoms with Gasteiger partial charge >= 0.3 is 0 Å². The maximum absolute atomic E-state index is 2.36. The molecule has 0 unspecified atom stereocenters. The maximum Gasteiger partial charge on any atom is 0.0567 e. The lowest BCUT2D eigenvalue weighted by Gasteiger charge is -2.15. The topological polar surface area (TPSA) is 3.24 Å². The lowest BCUT2D eigenvalue weighted by atomic mass is 10.0. The van der Waals surface area contributed by atoms with E-state index >= 15 is 0 Å². The lowest BCUT2D eigenvalue weighted by molar-refractivity contribution is 1.08. The van der Waals surface area contributed by atoms with Gasteiger partial charge in [-0.2, -0.15) is 0 Å². The van der Waals surface area contributed by atoms with Crippen LogP contribution in [0.5, 0.6) is 0 Å². The highest BCUT2D eigenvalue weighted by atomic mass is 32.2. The van der Waals surface area contributed by atoms with Crippen molar-refractivity contribution in [2.45, 2.75) is 11.4 Å². The van der Waals surface area contributed by atoms with Gasteiger partial charge in [0.05, 0.1) is 6.54 Å². The summed E-state index contributed by atoms with van der Waals surface area (Å²) in [5, 5.41) is 2.71. The average molecular weight is 263 g/mol. The van der Waals surface area contributed by atoms with Crippen LogP contribution in [0, 0.1) is 0 Å². The average Bonchev–Trinajstić information content (AvgIpc) is 2.93. The minimum Gasteiger partial charge on any atom is -0.308 e. The van der Waals surface area contributed by atoms with E-state index in [-0.39, 0.29) is 0 Å². The molecule has 0 spiro atoms. The minimum atomic E-state index is 0.978. The highest BCUT2D eigenvalue weighted by Crippen LogP contribution is 2.42. The van der Waals surface area contributed by atoms with E-state index in [2.05, 4.69) is 71.0 Å². The molecule has 1 aliphatic heterocycles. The molecule has 0 saturated carbocycles. The van der Waals surface area contributed by atoms with E-state index in [4.69, 9.17) is 0 Å². The van der Waals surface area contributed by atoms with Gasteiger partial charge in [-0.05, 0) is 46.5 Å². The third kappa shape index (κ3) is 1.80. The largest absolute Gasteiger partial charge is 0.308 e. The van der Waals surface area contributed by atoms with Gasteiger partial charge in [0.15, 0.2) is 0 Å². The van der Waals surface area contributed by atoms with Gasteiger partial charge in [-0.3, -0.25) is 0 Å². The Balaban J connectivity index is 1.80. The van der Waals surface area contributed by atoms with E-state index in [0.717, 1.165) is 6.54 Å². The molecule has 2 heteroatoms. The van der Waals surface area contributed by atoms with Gasteiger partial charge in [0.25, 0.3) is 0 Å². The number of fused-ring (bicyclic) bond motifs is 3. The van der Waals surface area contributed by atoms with E-state index in [9.17, 15) is 0 Å². The summed E-state index contributed by atoms with van der Waals surface area (Å²) in [5.74, 6) is 0. The van der Waals surface area contributed by atoms with Crippen LogP contribution in [0.2, 0.25) is 0 Å². The van der Waals surface area contributed by atoms with Gasteiger partial charge in [-0.15, -0.1) is 0 Å². The zero-order valence-corrected chi connectivity index (χ0v) is 11.2. The van der Waals surface area contributed by atoms with Crippen molar-refractivity contribution in [2.75, 3.05) is 4.31 Å². The summed E-state index contributed by atoms with van der Waals surface area (Å²) in [6.07, 6.45) is 0. The molecule has 1 nitrogen and oxygen atoms in total. The number of hydrogen-bond donors (Lipinski definition) is 0. The van der Waals surface area contributed by atoms with E-state index in [1.54, 1.807) is 0 Å². The van der Waals surface area contributed by atoms with Gasteiger partial charge in [0, 0.05) is 10.6 Å². The predicted molar refractivity (Wildman–Crippen MR) is 82.4 cm³/mol. The highest BCUT2D eigenvalue weighted by molar-refractivity contribution is 8.01. The first kappa shape index (κ1) is 10.9. The van der Waals surface area contributed by atoms with Gasteiger partial charge in [0.1, 0.15) is 0 Å². The Morgan fingerprint density at radius 2 is 1.58 bits per heavy atom. The van der Waals surface area contributed by atoms with Crippen molar-refractivity contribution in [3.05, 3.63) is 72.3 Å². The maximum atomic E-state index is 2.36. The van der Waals surface area contributed by atoms with Crippen molar-refractivity contribution < 1.29 is 0 Å².